The quantitative estimate of drug-likeness (QED) is 0.917. The number of nitrogens with zero attached hydrogens (tertiary/aromatic N) is 3. The molecule has 0 aliphatic rings. The van der Waals surface area contributed by atoms with Crippen molar-refractivity contribution in [3.05, 3.63) is 33.3 Å². The lowest BCUT2D eigenvalue weighted by atomic mass is 10.3. The Morgan fingerprint density at radius 3 is 2.68 bits per heavy atom. The Bertz CT molecular complexity index is 595. The standard InChI is InChI=1S/C11H11F2N3O2S/c1-2-6-3-4-7(19-6)5-16-9(10(12)13)8(11(17)18)14-15-16/h3-4,10H,2,5H2,1H3,(H,17,18). The molecule has 2 rings (SSSR count). The molecule has 0 saturated carbocycles. The first-order valence-corrected chi connectivity index (χ1v) is 6.37. The third-order valence-corrected chi connectivity index (χ3v) is 3.77. The molecule has 19 heavy (non-hydrogen) atoms. The van der Waals surface area contributed by atoms with Crippen molar-refractivity contribution in [2.45, 2.75) is 26.3 Å². The van der Waals surface area contributed by atoms with Crippen LogP contribution in [0.2, 0.25) is 0 Å². The second-order valence-corrected chi connectivity index (χ2v) is 5.06. The number of carboxylic acids is 1. The number of hydrogen-bond acceptors (Lipinski definition) is 4. The van der Waals surface area contributed by atoms with Crippen LogP contribution in [-0.4, -0.2) is 26.1 Å². The van der Waals surface area contributed by atoms with E-state index in [-0.39, 0.29) is 6.54 Å². The molecule has 0 bridgehead atoms. The highest BCUT2D eigenvalue weighted by atomic mass is 32.1. The molecule has 0 aliphatic heterocycles. The van der Waals surface area contributed by atoms with E-state index in [1.54, 1.807) is 0 Å². The molecular weight excluding hydrogens is 276 g/mol. The van der Waals surface area contributed by atoms with E-state index in [4.69, 9.17) is 5.11 Å². The van der Waals surface area contributed by atoms with E-state index in [0.29, 0.717) is 0 Å². The zero-order chi connectivity index (χ0) is 14.0. The number of carboxylic acid groups (broad SMARTS) is 1. The van der Waals surface area contributed by atoms with Gasteiger partial charge in [-0.2, -0.15) is 0 Å². The number of aromatic carboxylic acids is 1. The number of thiophene rings is 1. The summed E-state index contributed by atoms with van der Waals surface area (Å²) >= 11 is 1.48. The molecule has 0 aliphatic carbocycles. The normalized spacial score (nSPS) is 11.2. The number of aromatic nitrogens is 3. The van der Waals surface area contributed by atoms with Crippen molar-refractivity contribution < 1.29 is 18.7 Å². The maximum atomic E-state index is 12.9. The molecule has 2 aromatic rings. The number of hydrogen-bond donors (Lipinski definition) is 1. The second kappa shape index (κ2) is 5.43. The van der Waals surface area contributed by atoms with Crippen molar-refractivity contribution in [3.63, 3.8) is 0 Å². The Morgan fingerprint density at radius 2 is 2.16 bits per heavy atom. The van der Waals surface area contributed by atoms with Crippen LogP contribution in [0.3, 0.4) is 0 Å². The number of carbonyl (C=O) groups is 1. The maximum absolute atomic E-state index is 12.9. The molecule has 8 heteroatoms. The van der Waals surface area contributed by atoms with E-state index in [2.05, 4.69) is 10.3 Å². The summed E-state index contributed by atoms with van der Waals surface area (Å²) in [5, 5.41) is 15.6. The van der Waals surface area contributed by atoms with Gasteiger partial charge in [0.2, 0.25) is 0 Å². The summed E-state index contributed by atoms with van der Waals surface area (Å²) in [7, 11) is 0. The van der Waals surface area contributed by atoms with Gasteiger partial charge in [-0.05, 0) is 18.6 Å². The molecule has 102 valence electrons. The highest BCUT2D eigenvalue weighted by Crippen LogP contribution is 2.24. The van der Waals surface area contributed by atoms with Crippen LogP contribution in [0.15, 0.2) is 12.1 Å². The maximum Gasteiger partial charge on any atom is 0.358 e. The summed E-state index contributed by atoms with van der Waals surface area (Å²) in [5.74, 6) is -1.50. The summed E-state index contributed by atoms with van der Waals surface area (Å²) in [6, 6.07) is 3.73. The van der Waals surface area contributed by atoms with Gasteiger partial charge in [-0.25, -0.2) is 18.3 Å². The van der Waals surface area contributed by atoms with Crippen LogP contribution < -0.4 is 0 Å². The number of halogens is 2. The van der Waals surface area contributed by atoms with Crippen molar-refractivity contribution in [3.8, 4) is 0 Å². The first kappa shape index (κ1) is 13.6. The van der Waals surface area contributed by atoms with Crippen LogP contribution >= 0.6 is 11.3 Å². The van der Waals surface area contributed by atoms with Crippen LogP contribution in [0.5, 0.6) is 0 Å². The highest BCUT2D eigenvalue weighted by Gasteiger charge is 2.26. The molecule has 0 spiro atoms. The monoisotopic (exact) mass is 287 g/mol. The molecule has 0 radical (unpaired) electrons. The predicted molar refractivity (Wildman–Crippen MR) is 64.7 cm³/mol. The van der Waals surface area contributed by atoms with Gasteiger partial charge < -0.3 is 5.11 Å². The van der Waals surface area contributed by atoms with Gasteiger partial charge in [0.05, 0.1) is 6.54 Å². The van der Waals surface area contributed by atoms with Gasteiger partial charge in [-0.1, -0.05) is 12.1 Å². The van der Waals surface area contributed by atoms with E-state index in [1.165, 1.54) is 11.3 Å². The largest absolute Gasteiger partial charge is 0.476 e. The average Bonchev–Trinajstić information content (AvgIpc) is 2.95. The van der Waals surface area contributed by atoms with Crippen LogP contribution in [0.25, 0.3) is 0 Å². The first-order valence-electron chi connectivity index (χ1n) is 5.55. The van der Waals surface area contributed by atoms with E-state index in [9.17, 15) is 13.6 Å². The van der Waals surface area contributed by atoms with Gasteiger partial charge in [0.1, 0.15) is 5.69 Å². The topological polar surface area (TPSA) is 68.0 Å². The van der Waals surface area contributed by atoms with E-state index in [0.717, 1.165) is 20.9 Å². The first-order chi connectivity index (χ1) is 9.02. The molecule has 1 N–H and O–H groups in total. The zero-order valence-electron chi connectivity index (χ0n) is 10.0. The van der Waals surface area contributed by atoms with Gasteiger partial charge in [0, 0.05) is 9.75 Å². The summed E-state index contributed by atoms with van der Waals surface area (Å²) in [6.45, 7) is 2.10. The number of alkyl halides is 2. The Morgan fingerprint density at radius 1 is 1.47 bits per heavy atom. The highest BCUT2D eigenvalue weighted by molar-refractivity contribution is 7.11. The predicted octanol–water partition coefficient (Wildman–Crippen LogP) is 2.59. The minimum atomic E-state index is -2.92. The Labute approximate surface area is 111 Å². The fraction of sp³-hybridized carbons (Fsp3) is 0.364. The third-order valence-electron chi connectivity index (χ3n) is 2.55. The lowest BCUT2D eigenvalue weighted by molar-refractivity contribution is 0.0675. The number of aryl methyl sites for hydroxylation is 1. The summed E-state index contributed by atoms with van der Waals surface area (Å²) in [5.41, 5.74) is -1.35. The second-order valence-electron chi connectivity index (χ2n) is 3.81. The van der Waals surface area contributed by atoms with E-state index < -0.39 is 23.8 Å². The van der Waals surface area contributed by atoms with Crippen LogP contribution in [0.4, 0.5) is 8.78 Å². The SMILES string of the molecule is CCc1ccc(Cn2nnc(C(=O)O)c2C(F)F)s1. The smallest absolute Gasteiger partial charge is 0.358 e. The fourth-order valence-corrected chi connectivity index (χ4v) is 2.59. The third kappa shape index (κ3) is 2.78. The molecule has 0 saturated heterocycles. The van der Waals surface area contributed by atoms with Crippen molar-refractivity contribution in [2.75, 3.05) is 0 Å². The Kier molecular flexibility index (Phi) is 3.89. The molecule has 0 atom stereocenters. The number of rotatable bonds is 5. The lowest BCUT2D eigenvalue weighted by Gasteiger charge is -2.04. The average molecular weight is 287 g/mol. The van der Waals surface area contributed by atoms with Crippen molar-refractivity contribution in [1.82, 2.24) is 15.0 Å². The summed E-state index contributed by atoms with van der Waals surface area (Å²) in [4.78, 5) is 12.8. The van der Waals surface area contributed by atoms with Gasteiger partial charge in [0.15, 0.2) is 5.69 Å². The molecule has 2 heterocycles. The lowest BCUT2D eigenvalue weighted by Crippen LogP contribution is -2.09. The molecule has 0 unspecified atom stereocenters. The van der Waals surface area contributed by atoms with Crippen molar-refractivity contribution in [2.24, 2.45) is 0 Å². The minimum Gasteiger partial charge on any atom is -0.476 e. The van der Waals surface area contributed by atoms with Crippen molar-refractivity contribution >= 4 is 17.3 Å². The van der Waals surface area contributed by atoms with Crippen LogP contribution in [0.1, 0.15) is 39.3 Å². The Balaban J connectivity index is 2.32. The molecule has 2 aromatic heterocycles. The zero-order valence-corrected chi connectivity index (χ0v) is 10.8. The molecule has 5 nitrogen and oxygen atoms in total. The summed E-state index contributed by atoms with van der Waals surface area (Å²) < 4.78 is 26.7. The van der Waals surface area contributed by atoms with E-state index >= 15 is 0 Å². The Hall–Kier alpha value is -1.83. The van der Waals surface area contributed by atoms with Gasteiger partial charge >= 0.3 is 5.97 Å². The van der Waals surface area contributed by atoms with Crippen LogP contribution in [-0.2, 0) is 13.0 Å². The minimum absolute atomic E-state index is 0.102. The molecular formula is C11H11F2N3O2S. The van der Waals surface area contributed by atoms with E-state index in [1.807, 2.05) is 19.1 Å². The van der Waals surface area contributed by atoms with Crippen LogP contribution in [0, 0.1) is 0 Å². The van der Waals surface area contributed by atoms with Gasteiger partial charge in [0.25, 0.3) is 6.43 Å². The fourth-order valence-electron chi connectivity index (χ4n) is 1.65. The summed E-state index contributed by atoms with van der Waals surface area (Å²) in [6.07, 6.45) is -2.06. The molecule has 0 amide bonds. The van der Waals surface area contributed by atoms with Gasteiger partial charge in [-0.3, -0.25) is 0 Å². The molecule has 0 fully saturated rings. The van der Waals surface area contributed by atoms with Gasteiger partial charge in [-0.15, -0.1) is 16.4 Å². The van der Waals surface area contributed by atoms with Crippen molar-refractivity contribution in [1.29, 1.82) is 0 Å². The molecule has 0 aromatic carbocycles.